The maximum Gasteiger partial charge on any atom is 0.328 e. The molecule has 0 aliphatic carbocycles. The largest absolute Gasteiger partial charge is 0.467 e. The van der Waals surface area contributed by atoms with E-state index in [1.807, 2.05) is 51.1 Å². The molecule has 1 fully saturated rings. The molecule has 1 heterocycles. The number of benzene rings is 1. The molecule has 0 saturated carbocycles. The maximum atomic E-state index is 12.6. The number of nitrogens with zero attached hydrogens (tertiary/aromatic N) is 1. The second kappa shape index (κ2) is 7.79. The van der Waals surface area contributed by atoms with Gasteiger partial charge in [-0.3, -0.25) is 4.79 Å². The molecule has 1 aliphatic heterocycles. The van der Waals surface area contributed by atoms with Crippen LogP contribution in [0.1, 0.15) is 39.2 Å². The molecule has 0 N–H and O–H groups in total. The summed E-state index contributed by atoms with van der Waals surface area (Å²) in [5, 5.41) is 0. The molecule has 5 nitrogen and oxygen atoms in total. The van der Waals surface area contributed by atoms with Gasteiger partial charge in [0, 0.05) is 19.4 Å². The molecule has 1 aliphatic rings. The maximum absolute atomic E-state index is 12.6. The fourth-order valence-corrected chi connectivity index (χ4v) is 2.90. The Labute approximate surface area is 143 Å². The Morgan fingerprint density at radius 2 is 1.88 bits per heavy atom. The monoisotopic (exact) mass is 333 g/mol. The first-order chi connectivity index (χ1) is 11.3. The van der Waals surface area contributed by atoms with Crippen LogP contribution in [0.2, 0.25) is 0 Å². The van der Waals surface area contributed by atoms with Gasteiger partial charge in [-0.15, -0.1) is 0 Å². The summed E-state index contributed by atoms with van der Waals surface area (Å²) in [6, 6.07) is 9.32. The lowest BCUT2D eigenvalue weighted by molar-refractivity contribution is -0.151. The fourth-order valence-electron chi connectivity index (χ4n) is 2.90. The molecule has 0 radical (unpaired) electrons. The van der Waals surface area contributed by atoms with E-state index < -0.39 is 6.04 Å². The van der Waals surface area contributed by atoms with Crippen molar-refractivity contribution in [2.45, 2.75) is 52.4 Å². The molecule has 24 heavy (non-hydrogen) atoms. The second-order valence-electron chi connectivity index (χ2n) is 7.48. The highest BCUT2D eigenvalue weighted by Crippen LogP contribution is 2.27. The summed E-state index contributed by atoms with van der Waals surface area (Å²) in [4.78, 5) is 26.2. The number of ether oxygens (including phenoxy) is 2. The van der Waals surface area contributed by atoms with Gasteiger partial charge in [-0.25, -0.2) is 4.79 Å². The van der Waals surface area contributed by atoms with Crippen LogP contribution in [0.15, 0.2) is 30.3 Å². The Kier molecular flexibility index (Phi) is 5.99. The normalized spacial score (nSPS) is 20.9. The van der Waals surface area contributed by atoms with Gasteiger partial charge in [-0.2, -0.15) is 0 Å². The van der Waals surface area contributed by atoms with E-state index in [4.69, 9.17) is 9.47 Å². The first-order valence-corrected chi connectivity index (χ1v) is 8.33. The molecule has 0 aromatic heterocycles. The van der Waals surface area contributed by atoms with Crippen LogP contribution < -0.4 is 0 Å². The topological polar surface area (TPSA) is 55.8 Å². The van der Waals surface area contributed by atoms with Crippen LogP contribution in [-0.4, -0.2) is 42.6 Å². The van der Waals surface area contributed by atoms with Gasteiger partial charge < -0.3 is 14.4 Å². The molecule has 2 atom stereocenters. The van der Waals surface area contributed by atoms with Crippen molar-refractivity contribution >= 4 is 11.9 Å². The summed E-state index contributed by atoms with van der Waals surface area (Å²) in [5.74, 6) is -0.396. The van der Waals surface area contributed by atoms with Crippen molar-refractivity contribution in [2.24, 2.45) is 5.41 Å². The number of carbonyl (C=O) groups excluding carboxylic acids is 2. The van der Waals surface area contributed by atoms with Crippen molar-refractivity contribution in [3.05, 3.63) is 35.9 Å². The molecular formula is C19H27NO4. The zero-order valence-electron chi connectivity index (χ0n) is 15.0. The van der Waals surface area contributed by atoms with Crippen LogP contribution in [0.3, 0.4) is 0 Å². The number of rotatable bonds is 5. The molecule has 0 unspecified atom stereocenters. The van der Waals surface area contributed by atoms with Crippen molar-refractivity contribution < 1.29 is 19.1 Å². The summed E-state index contributed by atoms with van der Waals surface area (Å²) >= 11 is 0. The minimum absolute atomic E-state index is 0.0243. The lowest BCUT2D eigenvalue weighted by Crippen LogP contribution is -2.42. The summed E-state index contributed by atoms with van der Waals surface area (Å²) in [6.45, 7) is 6.94. The lowest BCUT2D eigenvalue weighted by atomic mass is 9.91. The van der Waals surface area contributed by atoms with E-state index in [2.05, 4.69) is 0 Å². The van der Waals surface area contributed by atoms with Crippen LogP contribution in [0, 0.1) is 5.41 Å². The zero-order chi connectivity index (χ0) is 17.7. The number of esters is 1. The third kappa shape index (κ3) is 5.06. The highest BCUT2D eigenvalue weighted by atomic mass is 16.5. The third-order valence-electron chi connectivity index (χ3n) is 4.07. The summed E-state index contributed by atoms with van der Waals surface area (Å²) in [7, 11) is 1.35. The number of amides is 1. The SMILES string of the molecule is COC(=O)[C@@H]1C[C@H](OCc2ccccc2)CN1C(=O)CC(C)(C)C. The predicted octanol–water partition coefficient (Wildman–Crippen LogP) is 2.78. The Morgan fingerprint density at radius 3 is 2.46 bits per heavy atom. The Balaban J connectivity index is 2.01. The number of methoxy groups -OCH3 is 1. The minimum atomic E-state index is -0.550. The van der Waals surface area contributed by atoms with Gasteiger partial charge in [0.15, 0.2) is 0 Å². The van der Waals surface area contributed by atoms with Crippen LogP contribution in [0.5, 0.6) is 0 Å². The van der Waals surface area contributed by atoms with Gasteiger partial charge in [0.1, 0.15) is 6.04 Å². The Bertz CT molecular complexity index is 564. The molecule has 2 rings (SSSR count). The molecule has 5 heteroatoms. The standard InChI is InChI=1S/C19H27NO4/c1-19(2,3)11-17(21)20-12-15(10-16(20)18(22)23-4)24-13-14-8-6-5-7-9-14/h5-9,15-16H,10-13H2,1-4H3/t15-,16-/m0/s1. The molecule has 0 spiro atoms. The van der Waals surface area contributed by atoms with Gasteiger partial charge in [0.25, 0.3) is 0 Å². The Hall–Kier alpha value is -1.88. The second-order valence-corrected chi connectivity index (χ2v) is 7.48. The van der Waals surface area contributed by atoms with Crippen LogP contribution in [0.4, 0.5) is 0 Å². The van der Waals surface area contributed by atoms with Crippen molar-refractivity contribution in [2.75, 3.05) is 13.7 Å². The van der Waals surface area contributed by atoms with E-state index in [1.165, 1.54) is 7.11 Å². The molecule has 1 aromatic carbocycles. The Morgan fingerprint density at radius 1 is 1.21 bits per heavy atom. The van der Waals surface area contributed by atoms with Crippen molar-refractivity contribution in [1.82, 2.24) is 4.90 Å². The summed E-state index contributed by atoms with van der Waals surface area (Å²) in [5.41, 5.74) is 0.951. The van der Waals surface area contributed by atoms with E-state index in [9.17, 15) is 9.59 Å². The first-order valence-electron chi connectivity index (χ1n) is 8.33. The minimum Gasteiger partial charge on any atom is -0.467 e. The quantitative estimate of drug-likeness (QED) is 0.778. The zero-order valence-corrected chi connectivity index (χ0v) is 15.0. The highest BCUT2D eigenvalue weighted by molar-refractivity contribution is 5.85. The van der Waals surface area contributed by atoms with Gasteiger partial charge in [-0.1, -0.05) is 51.1 Å². The van der Waals surface area contributed by atoms with Gasteiger partial charge >= 0.3 is 5.97 Å². The fraction of sp³-hybridized carbons (Fsp3) is 0.579. The number of likely N-dealkylation sites (tertiary alicyclic amines) is 1. The van der Waals surface area contributed by atoms with Gasteiger partial charge in [-0.05, 0) is 11.0 Å². The van der Waals surface area contributed by atoms with Crippen LogP contribution in [0.25, 0.3) is 0 Å². The third-order valence-corrected chi connectivity index (χ3v) is 4.07. The van der Waals surface area contributed by atoms with E-state index >= 15 is 0 Å². The molecule has 132 valence electrons. The average molecular weight is 333 g/mol. The smallest absolute Gasteiger partial charge is 0.328 e. The summed E-state index contributed by atoms with van der Waals surface area (Å²) < 4.78 is 10.8. The lowest BCUT2D eigenvalue weighted by Gasteiger charge is -2.26. The first kappa shape index (κ1) is 18.5. The molecule has 1 amide bonds. The molecule has 1 aromatic rings. The van der Waals surface area contributed by atoms with Gasteiger partial charge in [0.05, 0.1) is 19.8 Å². The van der Waals surface area contributed by atoms with Crippen molar-refractivity contribution in [3.8, 4) is 0 Å². The highest BCUT2D eigenvalue weighted by Gasteiger charge is 2.41. The number of carbonyl (C=O) groups is 2. The van der Waals surface area contributed by atoms with Crippen LogP contribution >= 0.6 is 0 Å². The van der Waals surface area contributed by atoms with Crippen molar-refractivity contribution in [1.29, 1.82) is 0 Å². The van der Waals surface area contributed by atoms with E-state index in [-0.39, 0.29) is 23.4 Å². The average Bonchev–Trinajstić information content (AvgIpc) is 2.96. The molecule has 1 saturated heterocycles. The van der Waals surface area contributed by atoms with Crippen LogP contribution in [-0.2, 0) is 25.7 Å². The van der Waals surface area contributed by atoms with Gasteiger partial charge in [0.2, 0.25) is 5.91 Å². The number of hydrogen-bond acceptors (Lipinski definition) is 4. The molecule has 0 bridgehead atoms. The number of hydrogen-bond donors (Lipinski definition) is 0. The van der Waals surface area contributed by atoms with E-state index in [0.29, 0.717) is 26.0 Å². The van der Waals surface area contributed by atoms with E-state index in [1.54, 1.807) is 4.90 Å². The van der Waals surface area contributed by atoms with E-state index in [0.717, 1.165) is 5.56 Å². The molecular weight excluding hydrogens is 306 g/mol. The summed E-state index contributed by atoms with van der Waals surface area (Å²) in [6.07, 6.45) is 0.722. The predicted molar refractivity (Wildman–Crippen MR) is 91.2 cm³/mol. The van der Waals surface area contributed by atoms with Crippen molar-refractivity contribution in [3.63, 3.8) is 0 Å².